The topological polar surface area (TPSA) is 40.6 Å². The van der Waals surface area contributed by atoms with Crippen molar-refractivity contribution in [3.05, 3.63) is 41.5 Å². The van der Waals surface area contributed by atoms with Crippen LogP contribution in [0.5, 0.6) is 0 Å². The smallest absolute Gasteiger partial charge is 0.261 e. The fourth-order valence-corrected chi connectivity index (χ4v) is 3.25. The second kappa shape index (κ2) is 4.32. The Labute approximate surface area is 122 Å². The third kappa shape index (κ3) is 1.56. The van der Waals surface area contributed by atoms with Crippen molar-refractivity contribution in [3.63, 3.8) is 0 Å². The highest BCUT2D eigenvalue weighted by atomic mass is 16.2. The van der Waals surface area contributed by atoms with Gasteiger partial charge in [0.05, 0.1) is 0 Å². The van der Waals surface area contributed by atoms with Gasteiger partial charge in [0.15, 0.2) is 0 Å². The lowest BCUT2D eigenvalue weighted by Gasteiger charge is -2.35. The molecule has 2 heterocycles. The molecule has 0 bridgehead atoms. The van der Waals surface area contributed by atoms with E-state index in [0.717, 1.165) is 29.5 Å². The van der Waals surface area contributed by atoms with Gasteiger partial charge < -0.3 is 4.90 Å². The number of nitrogens with zero attached hydrogens (tertiary/aromatic N) is 2. The number of amides is 2. The second-order valence-corrected chi connectivity index (χ2v) is 5.56. The van der Waals surface area contributed by atoms with E-state index in [9.17, 15) is 9.59 Å². The van der Waals surface area contributed by atoms with E-state index in [1.807, 2.05) is 37.3 Å². The third-order valence-corrected chi connectivity index (χ3v) is 4.48. The Kier molecular flexibility index (Phi) is 2.55. The second-order valence-electron chi connectivity index (χ2n) is 5.56. The minimum atomic E-state index is -0.179. The molecule has 2 aromatic rings. The molecule has 4 nitrogen and oxygen atoms in total. The Hall–Kier alpha value is -2.36. The molecule has 0 saturated carbocycles. The standard InChI is InChI=1S/C17H16N2O2/c1-2-19-16(20)12-6-3-5-11-14(18-9-4-10-18)8-7-13(15(11)12)17(19)21/h3,5-8H,2,4,9-10H2,1H3. The summed E-state index contributed by atoms with van der Waals surface area (Å²) in [6.07, 6.45) is 1.20. The molecule has 4 heteroatoms. The van der Waals surface area contributed by atoms with Crippen LogP contribution in [0.15, 0.2) is 30.3 Å². The highest BCUT2D eigenvalue weighted by Gasteiger charge is 2.32. The van der Waals surface area contributed by atoms with Crippen molar-refractivity contribution >= 4 is 28.3 Å². The number of hydrogen-bond acceptors (Lipinski definition) is 3. The van der Waals surface area contributed by atoms with Crippen LogP contribution in [0.4, 0.5) is 5.69 Å². The Balaban J connectivity index is 2.03. The highest BCUT2D eigenvalue weighted by Crippen LogP contribution is 2.37. The van der Waals surface area contributed by atoms with Gasteiger partial charge in [0.1, 0.15) is 0 Å². The molecule has 0 radical (unpaired) electrons. The first kappa shape index (κ1) is 12.4. The van der Waals surface area contributed by atoms with Crippen molar-refractivity contribution in [3.8, 4) is 0 Å². The minimum absolute atomic E-state index is 0.179. The molecule has 0 aromatic heterocycles. The van der Waals surface area contributed by atoms with Crippen LogP contribution in [0, 0.1) is 0 Å². The summed E-state index contributed by atoms with van der Waals surface area (Å²) in [6, 6.07) is 9.63. The molecule has 0 spiro atoms. The first-order valence-corrected chi connectivity index (χ1v) is 7.39. The Morgan fingerprint density at radius 2 is 1.71 bits per heavy atom. The minimum Gasteiger partial charge on any atom is -0.371 e. The number of hydrogen-bond donors (Lipinski definition) is 0. The average molecular weight is 280 g/mol. The SMILES string of the molecule is CCN1C(=O)c2cccc3c(N4CCC4)ccc(c23)C1=O. The molecule has 1 saturated heterocycles. The monoisotopic (exact) mass is 280 g/mol. The number of benzene rings is 2. The van der Waals surface area contributed by atoms with Crippen LogP contribution in [0.1, 0.15) is 34.1 Å². The van der Waals surface area contributed by atoms with Gasteiger partial charge in [0.2, 0.25) is 0 Å². The highest BCUT2D eigenvalue weighted by molar-refractivity contribution is 6.26. The maximum Gasteiger partial charge on any atom is 0.261 e. The summed E-state index contributed by atoms with van der Waals surface area (Å²) >= 11 is 0. The summed E-state index contributed by atoms with van der Waals surface area (Å²) in [5, 5.41) is 1.84. The predicted molar refractivity (Wildman–Crippen MR) is 81.8 cm³/mol. The Morgan fingerprint density at radius 3 is 2.33 bits per heavy atom. The quantitative estimate of drug-likeness (QED) is 0.794. The number of imide groups is 1. The van der Waals surface area contributed by atoms with Gasteiger partial charge in [-0.2, -0.15) is 0 Å². The van der Waals surface area contributed by atoms with E-state index in [0.29, 0.717) is 17.7 Å². The molecule has 2 aliphatic rings. The van der Waals surface area contributed by atoms with Crippen LogP contribution in [-0.2, 0) is 0 Å². The van der Waals surface area contributed by atoms with Gasteiger partial charge in [-0.05, 0) is 31.5 Å². The molecule has 1 fully saturated rings. The Morgan fingerprint density at radius 1 is 1.00 bits per heavy atom. The molecule has 2 aromatic carbocycles. The van der Waals surface area contributed by atoms with Crippen LogP contribution < -0.4 is 4.90 Å². The van der Waals surface area contributed by atoms with E-state index in [4.69, 9.17) is 0 Å². The fraction of sp³-hybridized carbons (Fsp3) is 0.294. The molecule has 0 atom stereocenters. The van der Waals surface area contributed by atoms with Crippen molar-refractivity contribution in [2.45, 2.75) is 13.3 Å². The molecule has 0 unspecified atom stereocenters. The maximum atomic E-state index is 12.5. The zero-order chi connectivity index (χ0) is 14.6. The van der Waals surface area contributed by atoms with Crippen LogP contribution >= 0.6 is 0 Å². The van der Waals surface area contributed by atoms with Crippen molar-refractivity contribution in [2.75, 3.05) is 24.5 Å². The molecule has 2 amide bonds. The first-order chi connectivity index (χ1) is 10.2. The molecule has 4 rings (SSSR count). The van der Waals surface area contributed by atoms with Crippen LogP contribution in [0.2, 0.25) is 0 Å². The van der Waals surface area contributed by atoms with Gasteiger partial charge in [-0.15, -0.1) is 0 Å². The third-order valence-electron chi connectivity index (χ3n) is 4.48. The van der Waals surface area contributed by atoms with Crippen molar-refractivity contribution in [1.29, 1.82) is 0 Å². The van der Waals surface area contributed by atoms with E-state index >= 15 is 0 Å². The van der Waals surface area contributed by atoms with Gasteiger partial charge >= 0.3 is 0 Å². The number of carbonyl (C=O) groups excluding carboxylic acids is 2. The largest absolute Gasteiger partial charge is 0.371 e. The summed E-state index contributed by atoms with van der Waals surface area (Å²) < 4.78 is 0. The molecule has 0 N–H and O–H groups in total. The molecule has 0 aliphatic carbocycles. The first-order valence-electron chi connectivity index (χ1n) is 7.39. The van der Waals surface area contributed by atoms with E-state index < -0.39 is 0 Å². The number of rotatable bonds is 2. The summed E-state index contributed by atoms with van der Waals surface area (Å²) in [5.41, 5.74) is 2.42. The molecular formula is C17H16N2O2. The van der Waals surface area contributed by atoms with E-state index in [1.165, 1.54) is 11.3 Å². The summed E-state index contributed by atoms with van der Waals surface area (Å²) in [6.45, 7) is 4.32. The van der Waals surface area contributed by atoms with Gasteiger partial charge in [-0.3, -0.25) is 14.5 Å². The lowest BCUT2D eigenvalue weighted by atomic mass is 9.92. The van der Waals surface area contributed by atoms with Gasteiger partial charge in [-0.1, -0.05) is 12.1 Å². The van der Waals surface area contributed by atoms with Crippen molar-refractivity contribution in [2.24, 2.45) is 0 Å². The molecule has 21 heavy (non-hydrogen) atoms. The predicted octanol–water partition coefficient (Wildman–Crippen LogP) is 2.67. The lowest BCUT2D eigenvalue weighted by Crippen LogP contribution is -2.40. The van der Waals surface area contributed by atoms with E-state index in [1.54, 1.807) is 0 Å². The normalized spacial score (nSPS) is 17.4. The summed E-state index contributed by atoms with van der Waals surface area (Å²) in [4.78, 5) is 28.6. The Bertz CT molecular complexity index is 755. The summed E-state index contributed by atoms with van der Waals surface area (Å²) in [7, 11) is 0. The van der Waals surface area contributed by atoms with Gasteiger partial charge in [0, 0.05) is 47.2 Å². The van der Waals surface area contributed by atoms with Gasteiger partial charge in [-0.25, -0.2) is 0 Å². The lowest BCUT2D eigenvalue weighted by molar-refractivity contribution is 0.0619. The zero-order valence-corrected chi connectivity index (χ0v) is 11.9. The van der Waals surface area contributed by atoms with Crippen LogP contribution in [-0.4, -0.2) is 36.3 Å². The van der Waals surface area contributed by atoms with E-state index in [2.05, 4.69) is 4.90 Å². The maximum absolute atomic E-state index is 12.5. The zero-order valence-electron chi connectivity index (χ0n) is 11.9. The van der Waals surface area contributed by atoms with Crippen LogP contribution in [0.25, 0.3) is 10.8 Å². The molecule has 106 valence electrons. The van der Waals surface area contributed by atoms with E-state index in [-0.39, 0.29) is 11.8 Å². The number of anilines is 1. The fourth-order valence-electron chi connectivity index (χ4n) is 3.25. The summed E-state index contributed by atoms with van der Waals surface area (Å²) in [5.74, 6) is -0.359. The van der Waals surface area contributed by atoms with Crippen molar-refractivity contribution < 1.29 is 9.59 Å². The van der Waals surface area contributed by atoms with Gasteiger partial charge in [0.25, 0.3) is 11.8 Å². The molecule has 2 aliphatic heterocycles. The van der Waals surface area contributed by atoms with Crippen LogP contribution in [0.3, 0.4) is 0 Å². The average Bonchev–Trinajstić information content (AvgIpc) is 2.44. The molecular weight excluding hydrogens is 264 g/mol. The van der Waals surface area contributed by atoms with Crippen molar-refractivity contribution in [1.82, 2.24) is 4.90 Å². The number of carbonyl (C=O) groups is 2.